The quantitative estimate of drug-likeness (QED) is 0.648. The van der Waals surface area contributed by atoms with E-state index in [-0.39, 0.29) is 11.8 Å². The first kappa shape index (κ1) is 9.52. The van der Waals surface area contributed by atoms with E-state index in [0.717, 1.165) is 25.9 Å². The Balaban J connectivity index is 2.43. The highest BCUT2D eigenvalue weighted by atomic mass is 16.1. The molecule has 1 heterocycles. The molecule has 0 aromatic heterocycles. The monoisotopic (exact) mass is 170 g/mol. The van der Waals surface area contributed by atoms with Crippen molar-refractivity contribution in [3.05, 3.63) is 0 Å². The number of amides is 1. The maximum atomic E-state index is 11.5. The Morgan fingerprint density at radius 1 is 1.58 bits per heavy atom. The first-order chi connectivity index (χ1) is 5.79. The van der Waals surface area contributed by atoms with Crippen LogP contribution in [0.25, 0.3) is 0 Å². The minimum Gasteiger partial charge on any atom is -0.356 e. The lowest BCUT2D eigenvalue weighted by Gasteiger charge is -2.16. The molecule has 0 saturated carbocycles. The summed E-state index contributed by atoms with van der Waals surface area (Å²) in [4.78, 5) is 11.5. The van der Waals surface area contributed by atoms with Crippen LogP contribution in [-0.2, 0) is 4.79 Å². The summed E-state index contributed by atoms with van der Waals surface area (Å²) in [6.45, 7) is 5.81. The van der Waals surface area contributed by atoms with Crippen LogP contribution in [0.3, 0.4) is 0 Å². The van der Waals surface area contributed by atoms with Crippen molar-refractivity contribution < 1.29 is 4.79 Å². The third kappa shape index (κ3) is 1.97. The van der Waals surface area contributed by atoms with Crippen LogP contribution in [-0.4, -0.2) is 25.0 Å². The van der Waals surface area contributed by atoms with Gasteiger partial charge < -0.3 is 10.6 Å². The highest BCUT2D eigenvalue weighted by Gasteiger charge is 2.30. The van der Waals surface area contributed by atoms with Crippen molar-refractivity contribution in [3.8, 4) is 0 Å². The standard InChI is InChI=1S/C9H18N2O/c1-3-8-7(5-6-11-8)9(12)10-4-2/h7-8,11H,3-6H2,1-2H3,(H,10,12). The Labute approximate surface area is 73.9 Å². The van der Waals surface area contributed by atoms with Gasteiger partial charge in [-0.05, 0) is 26.3 Å². The second-order valence-corrected chi connectivity index (χ2v) is 3.26. The minimum absolute atomic E-state index is 0.204. The van der Waals surface area contributed by atoms with Gasteiger partial charge >= 0.3 is 0 Å². The minimum atomic E-state index is 0.204. The smallest absolute Gasteiger partial charge is 0.224 e. The number of nitrogens with one attached hydrogen (secondary N) is 2. The predicted octanol–water partition coefficient (Wildman–Crippen LogP) is 0.511. The van der Waals surface area contributed by atoms with Crippen molar-refractivity contribution in [2.24, 2.45) is 5.92 Å². The van der Waals surface area contributed by atoms with Crippen LogP contribution >= 0.6 is 0 Å². The van der Waals surface area contributed by atoms with Crippen molar-refractivity contribution in [3.63, 3.8) is 0 Å². The van der Waals surface area contributed by atoms with Crippen LogP contribution in [0, 0.1) is 5.92 Å². The average Bonchev–Trinajstić information content (AvgIpc) is 2.51. The number of rotatable bonds is 3. The summed E-state index contributed by atoms with van der Waals surface area (Å²) in [5, 5.41) is 6.21. The van der Waals surface area contributed by atoms with Crippen molar-refractivity contribution in [1.29, 1.82) is 0 Å². The molecule has 0 radical (unpaired) electrons. The van der Waals surface area contributed by atoms with Gasteiger partial charge in [0.2, 0.25) is 5.91 Å². The lowest BCUT2D eigenvalue weighted by atomic mass is 9.98. The lowest BCUT2D eigenvalue weighted by Crippen LogP contribution is -2.37. The number of hydrogen-bond acceptors (Lipinski definition) is 2. The molecular formula is C9H18N2O. The summed E-state index contributed by atoms with van der Waals surface area (Å²) in [5.74, 6) is 0.421. The highest BCUT2D eigenvalue weighted by Crippen LogP contribution is 2.17. The van der Waals surface area contributed by atoms with Gasteiger partial charge in [-0.25, -0.2) is 0 Å². The third-order valence-electron chi connectivity index (χ3n) is 2.48. The van der Waals surface area contributed by atoms with Crippen LogP contribution in [0.15, 0.2) is 0 Å². The van der Waals surface area contributed by atoms with Crippen LogP contribution in [0.1, 0.15) is 26.7 Å². The van der Waals surface area contributed by atoms with E-state index in [4.69, 9.17) is 0 Å². The van der Waals surface area contributed by atoms with Gasteiger partial charge in [0.25, 0.3) is 0 Å². The van der Waals surface area contributed by atoms with E-state index >= 15 is 0 Å². The second-order valence-electron chi connectivity index (χ2n) is 3.26. The second kappa shape index (κ2) is 4.45. The lowest BCUT2D eigenvalue weighted by molar-refractivity contribution is -0.125. The molecule has 1 fully saturated rings. The molecule has 0 spiro atoms. The van der Waals surface area contributed by atoms with E-state index < -0.39 is 0 Å². The number of carbonyl (C=O) groups is 1. The summed E-state index contributed by atoms with van der Waals surface area (Å²) in [7, 11) is 0. The van der Waals surface area contributed by atoms with Gasteiger partial charge in [-0.3, -0.25) is 4.79 Å². The molecule has 2 unspecified atom stereocenters. The summed E-state index contributed by atoms with van der Waals surface area (Å²) < 4.78 is 0. The summed E-state index contributed by atoms with van der Waals surface area (Å²) in [5.41, 5.74) is 0. The van der Waals surface area contributed by atoms with Crippen molar-refractivity contribution >= 4 is 5.91 Å². The zero-order valence-electron chi connectivity index (χ0n) is 7.89. The first-order valence-corrected chi connectivity index (χ1v) is 4.80. The Hall–Kier alpha value is -0.570. The van der Waals surface area contributed by atoms with Gasteiger partial charge in [0.15, 0.2) is 0 Å². The van der Waals surface area contributed by atoms with Crippen LogP contribution < -0.4 is 10.6 Å². The third-order valence-corrected chi connectivity index (χ3v) is 2.48. The van der Waals surface area contributed by atoms with Gasteiger partial charge in [-0.15, -0.1) is 0 Å². The van der Waals surface area contributed by atoms with E-state index in [1.165, 1.54) is 0 Å². The molecule has 2 N–H and O–H groups in total. The van der Waals surface area contributed by atoms with Gasteiger partial charge in [0.05, 0.1) is 5.92 Å². The molecule has 0 aliphatic carbocycles. The van der Waals surface area contributed by atoms with Gasteiger partial charge in [-0.2, -0.15) is 0 Å². The fourth-order valence-electron chi connectivity index (χ4n) is 1.82. The Morgan fingerprint density at radius 2 is 2.33 bits per heavy atom. The number of carbonyl (C=O) groups excluding carboxylic acids is 1. The van der Waals surface area contributed by atoms with Gasteiger partial charge in [0, 0.05) is 12.6 Å². The predicted molar refractivity (Wildman–Crippen MR) is 48.9 cm³/mol. The topological polar surface area (TPSA) is 41.1 Å². The molecule has 3 nitrogen and oxygen atoms in total. The fraction of sp³-hybridized carbons (Fsp3) is 0.889. The molecule has 1 aliphatic rings. The SMILES string of the molecule is CCNC(=O)C1CCNC1CC. The maximum Gasteiger partial charge on any atom is 0.224 e. The van der Waals surface area contributed by atoms with Crippen LogP contribution in [0.2, 0.25) is 0 Å². The van der Waals surface area contributed by atoms with Crippen molar-refractivity contribution in [2.45, 2.75) is 32.7 Å². The zero-order valence-corrected chi connectivity index (χ0v) is 7.89. The molecule has 3 heteroatoms. The van der Waals surface area contributed by atoms with Crippen LogP contribution in [0.4, 0.5) is 0 Å². The largest absolute Gasteiger partial charge is 0.356 e. The van der Waals surface area contributed by atoms with E-state index in [9.17, 15) is 4.79 Å². The van der Waals surface area contributed by atoms with Crippen molar-refractivity contribution in [1.82, 2.24) is 10.6 Å². The van der Waals surface area contributed by atoms with Gasteiger partial charge in [0.1, 0.15) is 0 Å². The molecule has 2 atom stereocenters. The molecule has 1 saturated heterocycles. The molecular weight excluding hydrogens is 152 g/mol. The summed E-state index contributed by atoms with van der Waals surface area (Å²) in [6, 6.07) is 0.400. The summed E-state index contributed by atoms with van der Waals surface area (Å²) in [6.07, 6.45) is 2.03. The molecule has 0 aromatic carbocycles. The highest BCUT2D eigenvalue weighted by molar-refractivity contribution is 5.79. The van der Waals surface area contributed by atoms with Crippen LogP contribution in [0.5, 0.6) is 0 Å². The number of hydrogen-bond donors (Lipinski definition) is 2. The summed E-state index contributed by atoms with van der Waals surface area (Å²) >= 11 is 0. The molecule has 70 valence electrons. The molecule has 1 amide bonds. The molecule has 1 rings (SSSR count). The zero-order chi connectivity index (χ0) is 8.97. The normalized spacial score (nSPS) is 28.8. The first-order valence-electron chi connectivity index (χ1n) is 4.80. The van der Waals surface area contributed by atoms with E-state index in [0.29, 0.717) is 6.04 Å². The maximum absolute atomic E-state index is 11.5. The fourth-order valence-corrected chi connectivity index (χ4v) is 1.82. The molecule has 1 aliphatic heterocycles. The Kier molecular flexibility index (Phi) is 3.53. The average molecular weight is 170 g/mol. The van der Waals surface area contributed by atoms with E-state index in [1.807, 2.05) is 6.92 Å². The molecule has 0 aromatic rings. The van der Waals surface area contributed by atoms with E-state index in [1.54, 1.807) is 0 Å². The molecule has 0 bridgehead atoms. The van der Waals surface area contributed by atoms with E-state index in [2.05, 4.69) is 17.6 Å². The molecule has 12 heavy (non-hydrogen) atoms. The Bertz CT molecular complexity index is 159. The van der Waals surface area contributed by atoms with Gasteiger partial charge in [-0.1, -0.05) is 6.92 Å². The Morgan fingerprint density at radius 3 is 2.92 bits per heavy atom. The van der Waals surface area contributed by atoms with Crippen molar-refractivity contribution in [2.75, 3.05) is 13.1 Å².